The van der Waals surface area contributed by atoms with Crippen LogP contribution in [0.5, 0.6) is 5.75 Å². The van der Waals surface area contributed by atoms with Crippen LogP contribution in [0.1, 0.15) is 25.2 Å². The predicted molar refractivity (Wildman–Crippen MR) is 136 cm³/mol. The first kappa shape index (κ1) is 24.8. The summed E-state index contributed by atoms with van der Waals surface area (Å²) in [6.07, 6.45) is 1.54. The van der Waals surface area contributed by atoms with Gasteiger partial charge in [-0.05, 0) is 45.0 Å². The molecule has 0 bridgehead atoms. The van der Waals surface area contributed by atoms with Gasteiger partial charge >= 0.3 is 0 Å². The van der Waals surface area contributed by atoms with E-state index in [1.165, 1.54) is 0 Å². The van der Waals surface area contributed by atoms with Gasteiger partial charge in [-0.25, -0.2) is 4.98 Å². The molecular formula is C25H26Cl2N6O2. The molecule has 1 fully saturated rings. The fraction of sp³-hybridized carbons (Fsp3) is 0.360. The third-order valence-electron chi connectivity index (χ3n) is 6.09. The number of nitriles is 1. The Hall–Kier alpha value is -3.28. The normalized spacial score (nSPS) is 15.7. The minimum Gasteiger partial charge on any atom is -0.492 e. The zero-order valence-corrected chi connectivity index (χ0v) is 21.3. The quantitative estimate of drug-likeness (QED) is 0.480. The van der Waals surface area contributed by atoms with Crippen molar-refractivity contribution in [2.45, 2.75) is 33.4 Å². The van der Waals surface area contributed by atoms with Crippen molar-refractivity contribution in [3.8, 4) is 23.1 Å². The molecule has 0 spiro atoms. The zero-order valence-electron chi connectivity index (χ0n) is 19.8. The van der Waals surface area contributed by atoms with Gasteiger partial charge in [0, 0.05) is 49.2 Å². The molecule has 35 heavy (non-hydrogen) atoms. The van der Waals surface area contributed by atoms with Gasteiger partial charge in [0.15, 0.2) is 0 Å². The number of carbonyl (C=O) groups is 1. The molecule has 0 saturated carbocycles. The number of aromatic nitrogens is 3. The Labute approximate surface area is 214 Å². The molecule has 4 rings (SSSR count). The Morgan fingerprint density at radius 2 is 2.06 bits per heavy atom. The van der Waals surface area contributed by atoms with E-state index >= 15 is 0 Å². The van der Waals surface area contributed by atoms with E-state index in [2.05, 4.69) is 15.0 Å². The molecular weight excluding hydrogens is 487 g/mol. The number of benzene rings is 1. The Balaban J connectivity index is 1.46. The number of nitrogens with zero attached hydrogens (tertiary/aromatic N) is 6. The summed E-state index contributed by atoms with van der Waals surface area (Å²) >= 11 is 12.8. The van der Waals surface area contributed by atoms with E-state index < -0.39 is 0 Å². The fourth-order valence-electron chi connectivity index (χ4n) is 4.24. The highest BCUT2D eigenvalue weighted by Gasteiger charge is 2.29. The molecule has 1 aromatic carbocycles. The van der Waals surface area contributed by atoms with Crippen LogP contribution in [0, 0.1) is 18.3 Å². The highest BCUT2D eigenvalue weighted by Crippen LogP contribution is 2.32. The van der Waals surface area contributed by atoms with Crippen molar-refractivity contribution >= 4 is 34.8 Å². The van der Waals surface area contributed by atoms with Crippen LogP contribution in [0.3, 0.4) is 0 Å². The lowest BCUT2D eigenvalue weighted by atomic mass is 10.1. The highest BCUT2D eigenvalue weighted by atomic mass is 35.5. The van der Waals surface area contributed by atoms with E-state index in [1.807, 2.05) is 49.9 Å². The molecule has 8 nitrogen and oxygen atoms in total. The van der Waals surface area contributed by atoms with Crippen molar-refractivity contribution in [2.75, 3.05) is 31.1 Å². The first-order valence-corrected chi connectivity index (χ1v) is 12.1. The van der Waals surface area contributed by atoms with Crippen molar-refractivity contribution in [1.29, 1.82) is 5.26 Å². The first-order valence-electron chi connectivity index (χ1n) is 11.4. The standard InChI is InChI=1S/C25H26Cl2N6O2/c1-4-35-22-12-20(5-6-21(22)26)31-9-10-32(16(2)14-31)23(34)15-33-17(3)24(27)25(30-33)18-7-8-29-19(11-18)13-28/h5-8,11-12,16H,4,9-10,14-15H2,1-3H3/t16-/m0/s1. The monoisotopic (exact) mass is 512 g/mol. The molecule has 1 amide bonds. The summed E-state index contributed by atoms with van der Waals surface area (Å²) in [7, 11) is 0. The number of anilines is 1. The van der Waals surface area contributed by atoms with Crippen LogP contribution in [0.2, 0.25) is 10.0 Å². The maximum Gasteiger partial charge on any atom is 0.244 e. The number of amides is 1. The van der Waals surface area contributed by atoms with Crippen LogP contribution in [-0.2, 0) is 11.3 Å². The van der Waals surface area contributed by atoms with E-state index in [1.54, 1.807) is 23.0 Å². The third-order valence-corrected chi connectivity index (χ3v) is 6.86. The molecule has 1 atom stereocenters. The number of rotatable bonds is 6. The van der Waals surface area contributed by atoms with Gasteiger partial charge in [-0.15, -0.1) is 0 Å². The van der Waals surface area contributed by atoms with Crippen LogP contribution >= 0.6 is 23.2 Å². The number of ether oxygens (including phenoxy) is 1. The van der Waals surface area contributed by atoms with Gasteiger partial charge in [-0.2, -0.15) is 10.4 Å². The molecule has 1 aliphatic rings. The summed E-state index contributed by atoms with van der Waals surface area (Å²) in [5.41, 5.74) is 3.21. The van der Waals surface area contributed by atoms with Crippen molar-refractivity contribution < 1.29 is 9.53 Å². The van der Waals surface area contributed by atoms with Gasteiger partial charge < -0.3 is 14.5 Å². The van der Waals surface area contributed by atoms with E-state index in [0.29, 0.717) is 59.0 Å². The lowest BCUT2D eigenvalue weighted by Crippen LogP contribution is -2.54. The lowest BCUT2D eigenvalue weighted by Gasteiger charge is -2.41. The summed E-state index contributed by atoms with van der Waals surface area (Å²) in [5.74, 6) is 0.639. The molecule has 10 heteroatoms. The first-order chi connectivity index (χ1) is 16.8. The van der Waals surface area contributed by atoms with Gasteiger partial charge in [0.2, 0.25) is 5.91 Å². The summed E-state index contributed by atoms with van der Waals surface area (Å²) in [5, 5.41) is 14.7. The Morgan fingerprint density at radius 3 is 2.77 bits per heavy atom. The van der Waals surface area contributed by atoms with Crippen molar-refractivity contribution in [2.24, 2.45) is 0 Å². The SMILES string of the molecule is CCOc1cc(N2CCN(C(=O)Cn3nc(-c4ccnc(C#N)c4)c(Cl)c3C)[C@@H](C)C2)ccc1Cl. The molecule has 3 aromatic rings. The van der Waals surface area contributed by atoms with Gasteiger partial charge in [0.25, 0.3) is 0 Å². The predicted octanol–water partition coefficient (Wildman–Crippen LogP) is 4.57. The van der Waals surface area contributed by atoms with Crippen molar-refractivity contribution in [1.82, 2.24) is 19.7 Å². The lowest BCUT2D eigenvalue weighted by molar-refractivity contribution is -0.134. The molecule has 0 unspecified atom stereocenters. The van der Waals surface area contributed by atoms with Crippen LogP contribution in [0.4, 0.5) is 5.69 Å². The van der Waals surface area contributed by atoms with Crippen molar-refractivity contribution in [3.63, 3.8) is 0 Å². The molecule has 1 saturated heterocycles. The molecule has 1 aliphatic heterocycles. The molecule has 182 valence electrons. The Morgan fingerprint density at radius 1 is 1.26 bits per heavy atom. The number of pyridine rings is 1. The zero-order chi connectivity index (χ0) is 25.1. The number of hydrogen-bond acceptors (Lipinski definition) is 6. The largest absolute Gasteiger partial charge is 0.492 e. The van der Waals surface area contributed by atoms with Crippen molar-refractivity contribution in [3.05, 3.63) is 58.0 Å². The van der Waals surface area contributed by atoms with Crippen LogP contribution < -0.4 is 9.64 Å². The second-order valence-corrected chi connectivity index (χ2v) is 9.16. The Kier molecular flexibility index (Phi) is 7.48. The topological polar surface area (TPSA) is 87.3 Å². The maximum atomic E-state index is 13.2. The second kappa shape index (κ2) is 10.5. The van der Waals surface area contributed by atoms with Gasteiger partial charge in [-0.3, -0.25) is 9.48 Å². The minimum absolute atomic E-state index is 0.00617. The van der Waals surface area contributed by atoms with E-state index in [9.17, 15) is 4.79 Å². The summed E-state index contributed by atoms with van der Waals surface area (Å²) < 4.78 is 7.25. The summed E-state index contributed by atoms with van der Waals surface area (Å²) in [4.78, 5) is 21.3. The summed E-state index contributed by atoms with van der Waals surface area (Å²) in [6, 6.07) is 11.2. The number of hydrogen-bond donors (Lipinski definition) is 0. The second-order valence-electron chi connectivity index (χ2n) is 8.38. The molecule has 2 aromatic heterocycles. The van der Waals surface area contributed by atoms with Gasteiger partial charge in [-0.1, -0.05) is 23.2 Å². The molecule has 0 N–H and O–H groups in total. The van der Waals surface area contributed by atoms with E-state index in [-0.39, 0.29) is 24.2 Å². The fourth-order valence-corrected chi connectivity index (χ4v) is 4.65. The molecule has 0 aliphatic carbocycles. The van der Waals surface area contributed by atoms with Crippen LogP contribution in [0.25, 0.3) is 11.3 Å². The van der Waals surface area contributed by atoms with Gasteiger partial charge in [0.05, 0.1) is 22.3 Å². The van der Waals surface area contributed by atoms with Gasteiger partial charge in [0.1, 0.15) is 29.8 Å². The van der Waals surface area contributed by atoms with E-state index in [4.69, 9.17) is 33.2 Å². The summed E-state index contributed by atoms with van der Waals surface area (Å²) in [6.45, 7) is 8.40. The molecule has 3 heterocycles. The third kappa shape index (κ3) is 5.21. The van der Waals surface area contributed by atoms with Crippen LogP contribution in [-0.4, -0.2) is 57.9 Å². The Bertz CT molecular complexity index is 1290. The average molecular weight is 513 g/mol. The smallest absolute Gasteiger partial charge is 0.244 e. The number of halogens is 2. The maximum absolute atomic E-state index is 13.2. The minimum atomic E-state index is -0.0236. The van der Waals surface area contributed by atoms with Crippen LogP contribution in [0.15, 0.2) is 36.5 Å². The average Bonchev–Trinajstić information content (AvgIpc) is 3.14. The number of piperazine rings is 1. The van der Waals surface area contributed by atoms with E-state index in [0.717, 1.165) is 5.69 Å². The highest BCUT2D eigenvalue weighted by molar-refractivity contribution is 6.33. The number of carbonyl (C=O) groups excluding carboxylic acids is 1. The molecule has 0 radical (unpaired) electrons.